The molecule has 0 unspecified atom stereocenters. The lowest BCUT2D eigenvalue weighted by molar-refractivity contribution is 0.405. The Labute approximate surface area is 162 Å². The van der Waals surface area contributed by atoms with E-state index in [1.165, 1.54) is 0 Å². The highest BCUT2D eigenvalue weighted by atomic mass is 127. The highest BCUT2D eigenvalue weighted by Gasteiger charge is 2.07. The monoisotopic (exact) mass is 454 g/mol. The molecule has 0 saturated heterocycles. The Bertz CT molecular complexity index is 880. The van der Waals surface area contributed by atoms with Gasteiger partial charge in [-0.2, -0.15) is 5.10 Å². The van der Waals surface area contributed by atoms with E-state index >= 15 is 0 Å². The van der Waals surface area contributed by atoms with Crippen LogP contribution >= 0.6 is 24.0 Å². The average molecular weight is 454 g/mol. The highest BCUT2D eigenvalue weighted by molar-refractivity contribution is 14.0. The number of halogens is 1. The molecule has 3 aromatic rings. The summed E-state index contributed by atoms with van der Waals surface area (Å²) in [6.07, 6.45) is 3.41. The Hall–Kier alpha value is -2.56. The van der Waals surface area contributed by atoms with Crippen LogP contribution < -0.4 is 20.5 Å². The van der Waals surface area contributed by atoms with E-state index in [2.05, 4.69) is 20.4 Å². The summed E-state index contributed by atoms with van der Waals surface area (Å²) in [5.74, 6) is 1.60. The Kier molecular flexibility index (Phi) is 6.39. The molecule has 0 spiro atoms. The van der Waals surface area contributed by atoms with Gasteiger partial charge in [0.05, 0.1) is 38.3 Å². The minimum atomic E-state index is 0. The average Bonchev–Trinajstić information content (AvgIpc) is 3.09. The first kappa shape index (κ1) is 18.8. The van der Waals surface area contributed by atoms with E-state index in [-0.39, 0.29) is 29.9 Å². The second-order valence-corrected chi connectivity index (χ2v) is 4.93. The Morgan fingerprint density at radius 1 is 1.20 bits per heavy atom. The van der Waals surface area contributed by atoms with E-state index in [1.807, 2.05) is 18.2 Å². The third-order valence-electron chi connectivity index (χ3n) is 3.45. The van der Waals surface area contributed by atoms with Gasteiger partial charge in [0, 0.05) is 18.3 Å². The molecule has 0 amide bonds. The minimum absolute atomic E-state index is 0. The molecule has 3 rings (SSSR count). The summed E-state index contributed by atoms with van der Waals surface area (Å²) in [6.45, 7) is 0.367. The van der Waals surface area contributed by atoms with Crippen molar-refractivity contribution in [3.63, 3.8) is 0 Å². The van der Waals surface area contributed by atoms with Gasteiger partial charge in [-0.1, -0.05) is 0 Å². The van der Waals surface area contributed by atoms with E-state index in [0.29, 0.717) is 23.7 Å². The molecule has 9 heteroatoms. The van der Waals surface area contributed by atoms with Gasteiger partial charge in [-0.3, -0.25) is 0 Å². The fourth-order valence-corrected chi connectivity index (χ4v) is 2.26. The minimum Gasteiger partial charge on any atom is -0.497 e. The standard InChI is InChI=1S/C16H18N6O2.HI/c1-23-12-3-4-14(24-2)13(9-12)21-16(17)19-10-11-5-7-18-15-6-8-20-22(11)15;/h3-9H,10H2,1-2H3,(H3,17,19,21);1H. The van der Waals surface area contributed by atoms with Crippen molar-refractivity contribution in [3.05, 3.63) is 48.4 Å². The quantitative estimate of drug-likeness (QED) is 0.349. The number of fused-ring (bicyclic) bond motifs is 1. The smallest absolute Gasteiger partial charge is 0.193 e. The summed E-state index contributed by atoms with van der Waals surface area (Å²) in [7, 11) is 3.19. The van der Waals surface area contributed by atoms with Crippen molar-refractivity contribution in [1.29, 1.82) is 0 Å². The molecular formula is C16H19IN6O2. The molecule has 0 atom stereocenters. The molecule has 1 aromatic carbocycles. The van der Waals surface area contributed by atoms with Crippen LogP contribution in [-0.2, 0) is 6.54 Å². The number of aliphatic imine (C=N–C) groups is 1. The number of nitrogens with one attached hydrogen (secondary N) is 1. The van der Waals surface area contributed by atoms with E-state index in [4.69, 9.17) is 15.2 Å². The summed E-state index contributed by atoms with van der Waals surface area (Å²) in [6, 6.07) is 9.07. The maximum Gasteiger partial charge on any atom is 0.193 e. The Balaban J connectivity index is 0.00000225. The van der Waals surface area contributed by atoms with Gasteiger partial charge in [0.2, 0.25) is 0 Å². The Morgan fingerprint density at radius 2 is 2.04 bits per heavy atom. The van der Waals surface area contributed by atoms with Gasteiger partial charge in [-0.15, -0.1) is 24.0 Å². The Morgan fingerprint density at radius 3 is 2.80 bits per heavy atom. The van der Waals surface area contributed by atoms with Gasteiger partial charge in [-0.05, 0) is 18.2 Å². The van der Waals surface area contributed by atoms with Crippen LogP contribution in [0.2, 0.25) is 0 Å². The summed E-state index contributed by atoms with van der Waals surface area (Å²) in [5.41, 5.74) is 8.31. The first-order valence-electron chi connectivity index (χ1n) is 7.28. The number of hydrogen-bond acceptors (Lipinski definition) is 5. The third kappa shape index (κ3) is 4.29. The molecule has 0 bridgehead atoms. The zero-order chi connectivity index (χ0) is 16.9. The predicted octanol–water partition coefficient (Wildman–Crippen LogP) is 2.29. The lowest BCUT2D eigenvalue weighted by atomic mass is 10.2. The van der Waals surface area contributed by atoms with E-state index in [0.717, 1.165) is 11.3 Å². The molecule has 0 fully saturated rings. The number of aromatic nitrogens is 3. The van der Waals surface area contributed by atoms with Crippen molar-refractivity contribution in [1.82, 2.24) is 14.6 Å². The van der Waals surface area contributed by atoms with Crippen molar-refractivity contribution in [3.8, 4) is 11.5 Å². The molecule has 3 N–H and O–H groups in total. The first-order chi connectivity index (χ1) is 11.7. The van der Waals surface area contributed by atoms with Crippen molar-refractivity contribution >= 4 is 41.3 Å². The molecular weight excluding hydrogens is 435 g/mol. The van der Waals surface area contributed by atoms with Crippen molar-refractivity contribution in [2.45, 2.75) is 6.54 Å². The maximum atomic E-state index is 5.99. The van der Waals surface area contributed by atoms with Crippen LogP contribution in [0, 0.1) is 0 Å². The van der Waals surface area contributed by atoms with E-state index < -0.39 is 0 Å². The summed E-state index contributed by atoms with van der Waals surface area (Å²) in [4.78, 5) is 8.56. The number of benzene rings is 1. The second kappa shape index (κ2) is 8.51. The van der Waals surface area contributed by atoms with Gasteiger partial charge in [0.15, 0.2) is 11.6 Å². The van der Waals surface area contributed by atoms with Crippen LogP contribution in [0.4, 0.5) is 5.69 Å². The summed E-state index contributed by atoms with van der Waals surface area (Å²) >= 11 is 0. The number of ether oxygens (including phenoxy) is 2. The van der Waals surface area contributed by atoms with Crippen molar-refractivity contribution in [2.75, 3.05) is 19.5 Å². The van der Waals surface area contributed by atoms with Crippen LogP contribution in [0.1, 0.15) is 5.69 Å². The number of anilines is 1. The fraction of sp³-hybridized carbons (Fsp3) is 0.188. The molecule has 0 aliphatic carbocycles. The largest absolute Gasteiger partial charge is 0.497 e. The molecule has 0 radical (unpaired) electrons. The predicted molar refractivity (Wildman–Crippen MR) is 107 cm³/mol. The lowest BCUT2D eigenvalue weighted by Gasteiger charge is -2.12. The molecule has 2 heterocycles. The zero-order valence-corrected chi connectivity index (χ0v) is 16.2. The molecule has 8 nitrogen and oxygen atoms in total. The van der Waals surface area contributed by atoms with Crippen LogP contribution in [0.3, 0.4) is 0 Å². The maximum absolute atomic E-state index is 5.99. The second-order valence-electron chi connectivity index (χ2n) is 4.93. The van der Waals surface area contributed by atoms with Crippen molar-refractivity contribution < 1.29 is 9.47 Å². The lowest BCUT2D eigenvalue weighted by Crippen LogP contribution is -2.23. The van der Waals surface area contributed by atoms with E-state index in [1.54, 1.807) is 43.3 Å². The molecule has 2 aromatic heterocycles. The summed E-state index contributed by atoms with van der Waals surface area (Å²) < 4.78 is 12.2. The number of nitrogens with zero attached hydrogens (tertiary/aromatic N) is 4. The molecule has 0 aliphatic heterocycles. The van der Waals surface area contributed by atoms with Crippen molar-refractivity contribution in [2.24, 2.45) is 10.7 Å². The fourth-order valence-electron chi connectivity index (χ4n) is 2.26. The zero-order valence-electron chi connectivity index (χ0n) is 13.8. The van der Waals surface area contributed by atoms with Gasteiger partial charge < -0.3 is 20.5 Å². The van der Waals surface area contributed by atoms with Crippen LogP contribution in [0.25, 0.3) is 5.65 Å². The molecule has 0 saturated carbocycles. The van der Waals surface area contributed by atoms with Crippen LogP contribution in [0.15, 0.2) is 47.7 Å². The first-order valence-corrected chi connectivity index (χ1v) is 7.28. The van der Waals surface area contributed by atoms with E-state index in [9.17, 15) is 0 Å². The number of rotatable bonds is 5. The summed E-state index contributed by atoms with van der Waals surface area (Å²) in [5, 5.41) is 7.24. The molecule has 132 valence electrons. The number of methoxy groups -OCH3 is 2. The number of nitrogens with two attached hydrogens (primary N) is 1. The normalized spacial score (nSPS) is 11.0. The topological polar surface area (TPSA) is 99.1 Å². The SMILES string of the molecule is COc1ccc(OC)c(NC(N)=NCc2ccnc3ccnn23)c1.I. The molecule has 0 aliphatic rings. The molecule has 25 heavy (non-hydrogen) atoms. The highest BCUT2D eigenvalue weighted by Crippen LogP contribution is 2.28. The van der Waals surface area contributed by atoms with Crippen LogP contribution in [0.5, 0.6) is 11.5 Å². The number of guanidine groups is 1. The van der Waals surface area contributed by atoms with Gasteiger partial charge >= 0.3 is 0 Å². The van der Waals surface area contributed by atoms with Gasteiger partial charge in [0.25, 0.3) is 0 Å². The number of hydrogen-bond donors (Lipinski definition) is 2. The van der Waals surface area contributed by atoms with Gasteiger partial charge in [0.1, 0.15) is 11.5 Å². The van der Waals surface area contributed by atoms with Gasteiger partial charge in [-0.25, -0.2) is 14.5 Å². The van der Waals surface area contributed by atoms with Crippen LogP contribution in [-0.4, -0.2) is 34.8 Å². The third-order valence-corrected chi connectivity index (χ3v) is 3.45.